The fourth-order valence-corrected chi connectivity index (χ4v) is 3.13. The van der Waals surface area contributed by atoms with Gasteiger partial charge in [-0.25, -0.2) is 0 Å². The molecule has 0 aliphatic carbocycles. The van der Waals surface area contributed by atoms with Gasteiger partial charge in [0.1, 0.15) is 0 Å². The predicted octanol–water partition coefficient (Wildman–Crippen LogP) is 3.25. The minimum Gasteiger partial charge on any atom is -0.318 e. The number of nitrogens with one attached hydrogen (secondary N) is 1. The van der Waals surface area contributed by atoms with Crippen LogP contribution in [0.4, 0.5) is 0 Å². The molecule has 0 aromatic heterocycles. The number of hydrogen-bond acceptors (Lipinski definition) is 2. The fraction of sp³-hybridized carbons (Fsp3) is 0.647. The Labute approximate surface area is 118 Å². The standard InChI is InChI=1S/C17H28N2/c1-15(16-8-4-3-5-9-16)11-13-19-12-7-6-10-17(19)14-18-2/h3-5,8-9,15,17-18H,6-7,10-14H2,1-2H3. The lowest BCUT2D eigenvalue weighted by atomic mass is 9.96. The van der Waals surface area contributed by atoms with Crippen molar-refractivity contribution in [3.63, 3.8) is 0 Å². The van der Waals surface area contributed by atoms with Crippen molar-refractivity contribution in [1.82, 2.24) is 10.2 Å². The Morgan fingerprint density at radius 2 is 2.05 bits per heavy atom. The molecule has 1 aromatic carbocycles. The first-order chi connectivity index (χ1) is 9.31. The van der Waals surface area contributed by atoms with Crippen LogP contribution >= 0.6 is 0 Å². The van der Waals surface area contributed by atoms with Gasteiger partial charge in [-0.05, 0) is 50.9 Å². The highest BCUT2D eigenvalue weighted by molar-refractivity contribution is 5.18. The normalized spacial score (nSPS) is 22.3. The van der Waals surface area contributed by atoms with Crippen LogP contribution in [0.15, 0.2) is 30.3 Å². The van der Waals surface area contributed by atoms with Crippen molar-refractivity contribution in [3.8, 4) is 0 Å². The Balaban J connectivity index is 1.83. The van der Waals surface area contributed by atoms with Gasteiger partial charge in [0.05, 0.1) is 0 Å². The van der Waals surface area contributed by atoms with Crippen molar-refractivity contribution in [2.24, 2.45) is 0 Å². The SMILES string of the molecule is CNCC1CCCCN1CCC(C)c1ccccc1. The summed E-state index contributed by atoms with van der Waals surface area (Å²) in [4.78, 5) is 2.69. The lowest BCUT2D eigenvalue weighted by molar-refractivity contribution is 0.143. The molecule has 106 valence electrons. The van der Waals surface area contributed by atoms with Crippen LogP contribution < -0.4 is 5.32 Å². The first-order valence-electron chi connectivity index (χ1n) is 7.75. The summed E-state index contributed by atoms with van der Waals surface area (Å²) in [5.41, 5.74) is 1.48. The summed E-state index contributed by atoms with van der Waals surface area (Å²) >= 11 is 0. The molecule has 0 spiro atoms. The van der Waals surface area contributed by atoms with Crippen molar-refractivity contribution in [2.45, 2.75) is 44.6 Å². The average molecular weight is 260 g/mol. The summed E-state index contributed by atoms with van der Waals surface area (Å²) in [6, 6.07) is 11.7. The Morgan fingerprint density at radius 1 is 1.26 bits per heavy atom. The van der Waals surface area contributed by atoms with Crippen molar-refractivity contribution >= 4 is 0 Å². The lowest BCUT2D eigenvalue weighted by Crippen LogP contribution is -2.45. The van der Waals surface area contributed by atoms with E-state index in [1.165, 1.54) is 44.3 Å². The zero-order valence-corrected chi connectivity index (χ0v) is 12.4. The van der Waals surface area contributed by atoms with Gasteiger partial charge < -0.3 is 5.32 Å². The monoisotopic (exact) mass is 260 g/mol. The van der Waals surface area contributed by atoms with Gasteiger partial charge >= 0.3 is 0 Å². The van der Waals surface area contributed by atoms with E-state index in [-0.39, 0.29) is 0 Å². The molecule has 1 aliphatic heterocycles. The van der Waals surface area contributed by atoms with E-state index in [1.54, 1.807) is 0 Å². The molecule has 0 radical (unpaired) electrons. The summed E-state index contributed by atoms with van der Waals surface area (Å²) in [7, 11) is 2.07. The van der Waals surface area contributed by atoms with Gasteiger partial charge in [0.25, 0.3) is 0 Å². The second-order valence-corrected chi connectivity index (χ2v) is 5.84. The maximum Gasteiger partial charge on any atom is 0.0220 e. The van der Waals surface area contributed by atoms with Gasteiger partial charge in [-0.1, -0.05) is 43.7 Å². The second kappa shape index (κ2) is 7.66. The first kappa shape index (κ1) is 14.5. The van der Waals surface area contributed by atoms with E-state index < -0.39 is 0 Å². The molecule has 1 aliphatic rings. The van der Waals surface area contributed by atoms with Crippen molar-refractivity contribution < 1.29 is 0 Å². The van der Waals surface area contributed by atoms with Crippen LogP contribution in [0.3, 0.4) is 0 Å². The molecule has 1 heterocycles. The number of nitrogens with zero attached hydrogens (tertiary/aromatic N) is 1. The molecular formula is C17H28N2. The summed E-state index contributed by atoms with van der Waals surface area (Å²) in [5, 5.41) is 3.35. The fourth-order valence-electron chi connectivity index (χ4n) is 3.13. The highest BCUT2D eigenvalue weighted by Gasteiger charge is 2.21. The van der Waals surface area contributed by atoms with Crippen LogP contribution in [-0.4, -0.2) is 37.6 Å². The van der Waals surface area contributed by atoms with Crippen LogP contribution in [-0.2, 0) is 0 Å². The van der Waals surface area contributed by atoms with E-state index in [2.05, 4.69) is 54.5 Å². The molecule has 19 heavy (non-hydrogen) atoms. The van der Waals surface area contributed by atoms with Gasteiger partial charge in [-0.3, -0.25) is 4.90 Å². The van der Waals surface area contributed by atoms with Crippen LogP contribution in [0, 0.1) is 0 Å². The topological polar surface area (TPSA) is 15.3 Å². The van der Waals surface area contributed by atoms with Crippen LogP contribution in [0.25, 0.3) is 0 Å². The first-order valence-corrected chi connectivity index (χ1v) is 7.75. The number of likely N-dealkylation sites (N-methyl/N-ethyl adjacent to an activating group) is 1. The summed E-state index contributed by atoms with van der Waals surface area (Å²) in [6.07, 6.45) is 5.40. The quantitative estimate of drug-likeness (QED) is 0.844. The van der Waals surface area contributed by atoms with Crippen molar-refractivity contribution in [1.29, 1.82) is 0 Å². The molecule has 0 saturated carbocycles. The molecule has 1 N–H and O–H groups in total. The number of benzene rings is 1. The maximum atomic E-state index is 3.35. The summed E-state index contributed by atoms with van der Waals surface area (Å²) in [6.45, 7) is 6.02. The third-order valence-electron chi connectivity index (χ3n) is 4.41. The highest BCUT2D eigenvalue weighted by Crippen LogP contribution is 2.22. The second-order valence-electron chi connectivity index (χ2n) is 5.84. The zero-order valence-electron chi connectivity index (χ0n) is 12.4. The molecule has 2 nitrogen and oxygen atoms in total. The number of piperidine rings is 1. The van der Waals surface area contributed by atoms with Crippen LogP contribution in [0.2, 0.25) is 0 Å². The van der Waals surface area contributed by atoms with Gasteiger partial charge in [-0.2, -0.15) is 0 Å². The molecule has 1 saturated heterocycles. The minimum absolute atomic E-state index is 0.665. The van der Waals surface area contributed by atoms with Crippen LogP contribution in [0.1, 0.15) is 44.1 Å². The number of likely N-dealkylation sites (tertiary alicyclic amines) is 1. The molecule has 2 rings (SSSR count). The van der Waals surface area contributed by atoms with Crippen LogP contribution in [0.5, 0.6) is 0 Å². The van der Waals surface area contributed by atoms with Crippen molar-refractivity contribution in [3.05, 3.63) is 35.9 Å². The van der Waals surface area contributed by atoms with E-state index in [4.69, 9.17) is 0 Å². The molecule has 2 unspecified atom stereocenters. The Bertz CT molecular complexity index is 348. The van der Waals surface area contributed by atoms with Gasteiger partial charge in [0.15, 0.2) is 0 Å². The largest absolute Gasteiger partial charge is 0.318 e. The van der Waals surface area contributed by atoms with E-state index in [9.17, 15) is 0 Å². The third-order valence-corrected chi connectivity index (χ3v) is 4.41. The van der Waals surface area contributed by atoms with Gasteiger partial charge in [0, 0.05) is 12.6 Å². The van der Waals surface area contributed by atoms with E-state index in [1.807, 2.05) is 0 Å². The number of rotatable bonds is 6. The summed E-state index contributed by atoms with van der Waals surface area (Å²) < 4.78 is 0. The number of hydrogen-bond donors (Lipinski definition) is 1. The average Bonchev–Trinajstić information content (AvgIpc) is 2.47. The van der Waals surface area contributed by atoms with E-state index >= 15 is 0 Å². The lowest BCUT2D eigenvalue weighted by Gasteiger charge is -2.36. The molecular weight excluding hydrogens is 232 g/mol. The molecule has 0 bridgehead atoms. The Hall–Kier alpha value is -0.860. The molecule has 1 aromatic rings. The molecule has 1 fully saturated rings. The summed E-state index contributed by atoms with van der Waals surface area (Å²) in [5.74, 6) is 0.665. The van der Waals surface area contributed by atoms with E-state index in [0.717, 1.165) is 12.6 Å². The van der Waals surface area contributed by atoms with E-state index in [0.29, 0.717) is 5.92 Å². The van der Waals surface area contributed by atoms with Gasteiger partial charge in [0.2, 0.25) is 0 Å². The minimum atomic E-state index is 0.665. The van der Waals surface area contributed by atoms with Gasteiger partial charge in [-0.15, -0.1) is 0 Å². The van der Waals surface area contributed by atoms with Crippen molar-refractivity contribution in [2.75, 3.05) is 26.7 Å². The Morgan fingerprint density at radius 3 is 2.79 bits per heavy atom. The predicted molar refractivity (Wildman–Crippen MR) is 82.6 cm³/mol. The Kier molecular flexibility index (Phi) is 5.87. The molecule has 2 atom stereocenters. The molecule has 0 amide bonds. The maximum absolute atomic E-state index is 3.35. The highest BCUT2D eigenvalue weighted by atomic mass is 15.2. The molecule has 2 heteroatoms. The zero-order chi connectivity index (χ0) is 13.5. The third kappa shape index (κ3) is 4.32. The smallest absolute Gasteiger partial charge is 0.0220 e.